The molecule has 0 radical (unpaired) electrons. The number of aliphatic hydroxyl groups is 1. The number of benzene rings is 1. The highest BCUT2D eigenvalue weighted by Gasteiger charge is 2.19. The first kappa shape index (κ1) is 15.2. The molecule has 1 aromatic heterocycles. The van der Waals surface area contributed by atoms with Gasteiger partial charge in [0.1, 0.15) is 6.10 Å². The molecule has 0 aliphatic carbocycles. The summed E-state index contributed by atoms with van der Waals surface area (Å²) < 4.78 is 32.1. The summed E-state index contributed by atoms with van der Waals surface area (Å²) in [5.41, 5.74) is 5.37. The van der Waals surface area contributed by atoms with Gasteiger partial charge in [0.15, 0.2) is 5.58 Å². The van der Waals surface area contributed by atoms with E-state index in [9.17, 15) is 23.1 Å². The third-order valence-corrected chi connectivity index (χ3v) is 4.29. The zero-order chi connectivity index (χ0) is 15.8. The summed E-state index contributed by atoms with van der Waals surface area (Å²) >= 11 is 0. The number of sulfonamides is 1. The van der Waals surface area contributed by atoms with Gasteiger partial charge in [-0.3, -0.25) is 9.36 Å². The first-order chi connectivity index (χ1) is 9.72. The SMILES string of the molecule is Cn1c(=O)oc2cc(S(=O)(=O)NCC(O)C(N)=O)ccc21. The summed E-state index contributed by atoms with van der Waals surface area (Å²) in [5.74, 6) is -1.65. The lowest BCUT2D eigenvalue weighted by Gasteiger charge is -2.09. The second kappa shape index (κ2) is 5.31. The van der Waals surface area contributed by atoms with Gasteiger partial charge >= 0.3 is 5.76 Å². The van der Waals surface area contributed by atoms with Gasteiger partial charge in [-0.25, -0.2) is 17.9 Å². The van der Waals surface area contributed by atoms with Crippen molar-refractivity contribution in [3.05, 3.63) is 28.7 Å². The van der Waals surface area contributed by atoms with Crippen molar-refractivity contribution in [1.29, 1.82) is 0 Å². The van der Waals surface area contributed by atoms with Crippen LogP contribution in [0.4, 0.5) is 0 Å². The number of carbonyl (C=O) groups is 1. The predicted octanol–water partition coefficient (Wildman–Crippen LogP) is -1.74. The van der Waals surface area contributed by atoms with E-state index in [2.05, 4.69) is 0 Å². The normalized spacial score (nSPS) is 13.4. The Balaban J connectivity index is 2.32. The van der Waals surface area contributed by atoms with Crippen molar-refractivity contribution in [1.82, 2.24) is 9.29 Å². The van der Waals surface area contributed by atoms with E-state index in [0.29, 0.717) is 5.52 Å². The highest BCUT2D eigenvalue weighted by Crippen LogP contribution is 2.17. The molecule has 0 fully saturated rings. The molecule has 0 aliphatic rings. The molecule has 1 amide bonds. The lowest BCUT2D eigenvalue weighted by Crippen LogP contribution is -2.39. The Morgan fingerprint density at radius 1 is 1.52 bits per heavy atom. The minimum Gasteiger partial charge on any atom is -0.408 e. The molecule has 0 bridgehead atoms. The quantitative estimate of drug-likeness (QED) is 0.597. The molecule has 1 heterocycles. The maximum Gasteiger partial charge on any atom is 0.419 e. The van der Waals surface area contributed by atoms with E-state index < -0.39 is 34.3 Å². The van der Waals surface area contributed by atoms with E-state index in [1.807, 2.05) is 4.72 Å². The van der Waals surface area contributed by atoms with Crippen LogP contribution in [0.15, 0.2) is 32.3 Å². The molecular formula is C11H13N3O6S. The summed E-state index contributed by atoms with van der Waals surface area (Å²) in [7, 11) is -2.48. The lowest BCUT2D eigenvalue weighted by molar-refractivity contribution is -0.125. The van der Waals surface area contributed by atoms with Crippen LogP contribution in [0.25, 0.3) is 11.1 Å². The number of hydrogen-bond donors (Lipinski definition) is 3. The summed E-state index contributed by atoms with van der Waals surface area (Å²) in [4.78, 5) is 21.8. The Hall–Kier alpha value is -2.17. The van der Waals surface area contributed by atoms with E-state index in [1.54, 1.807) is 0 Å². The standard InChI is InChI=1S/C11H13N3O6S/c1-14-7-3-2-6(4-9(7)20-11(14)17)21(18,19)13-5-8(15)10(12)16/h2-4,8,13,15H,5H2,1H3,(H2,12,16). The fraction of sp³-hybridized carbons (Fsp3) is 0.273. The molecule has 4 N–H and O–H groups in total. The number of fused-ring (bicyclic) bond motifs is 1. The van der Waals surface area contributed by atoms with Gasteiger partial charge in [-0.05, 0) is 12.1 Å². The van der Waals surface area contributed by atoms with Crippen molar-refractivity contribution in [2.24, 2.45) is 12.8 Å². The number of primary amides is 1. The number of rotatable bonds is 5. The number of nitrogens with two attached hydrogens (primary N) is 1. The van der Waals surface area contributed by atoms with Crippen LogP contribution < -0.4 is 16.2 Å². The second-order valence-electron chi connectivity index (χ2n) is 4.33. The van der Waals surface area contributed by atoms with Gasteiger partial charge in [-0.1, -0.05) is 0 Å². The van der Waals surface area contributed by atoms with Crippen molar-refractivity contribution < 1.29 is 22.7 Å². The van der Waals surface area contributed by atoms with E-state index >= 15 is 0 Å². The van der Waals surface area contributed by atoms with E-state index in [4.69, 9.17) is 10.2 Å². The maximum atomic E-state index is 12.0. The Labute approximate surface area is 119 Å². The number of amides is 1. The highest BCUT2D eigenvalue weighted by atomic mass is 32.2. The molecule has 0 spiro atoms. The second-order valence-corrected chi connectivity index (χ2v) is 6.09. The summed E-state index contributed by atoms with van der Waals surface area (Å²) in [6.45, 7) is -0.547. The van der Waals surface area contributed by atoms with Gasteiger partial charge in [0.2, 0.25) is 15.9 Å². The smallest absolute Gasteiger partial charge is 0.408 e. The first-order valence-corrected chi connectivity index (χ1v) is 7.27. The molecule has 1 aromatic carbocycles. The van der Waals surface area contributed by atoms with Gasteiger partial charge in [0, 0.05) is 19.7 Å². The largest absolute Gasteiger partial charge is 0.419 e. The molecule has 114 valence electrons. The van der Waals surface area contributed by atoms with Crippen molar-refractivity contribution in [2.75, 3.05) is 6.54 Å². The number of nitrogens with one attached hydrogen (secondary N) is 1. The van der Waals surface area contributed by atoms with Gasteiger partial charge in [-0.15, -0.1) is 0 Å². The molecule has 2 rings (SSSR count). The minimum atomic E-state index is -3.97. The van der Waals surface area contributed by atoms with Gasteiger partial charge in [0.25, 0.3) is 0 Å². The molecule has 21 heavy (non-hydrogen) atoms. The van der Waals surface area contributed by atoms with Crippen molar-refractivity contribution in [3.63, 3.8) is 0 Å². The molecule has 1 atom stereocenters. The number of oxazole rings is 1. The van der Waals surface area contributed by atoms with E-state index in [-0.39, 0.29) is 10.5 Å². The summed E-state index contributed by atoms with van der Waals surface area (Å²) in [6, 6.07) is 3.87. The number of aromatic nitrogens is 1. The zero-order valence-electron chi connectivity index (χ0n) is 10.9. The average molecular weight is 315 g/mol. The minimum absolute atomic E-state index is 0.112. The maximum absolute atomic E-state index is 12.0. The van der Waals surface area contributed by atoms with Crippen LogP contribution in [-0.2, 0) is 21.9 Å². The lowest BCUT2D eigenvalue weighted by atomic mass is 10.3. The Morgan fingerprint density at radius 2 is 2.19 bits per heavy atom. The molecule has 0 aliphatic heterocycles. The topological polar surface area (TPSA) is 145 Å². The molecular weight excluding hydrogens is 302 g/mol. The predicted molar refractivity (Wildman–Crippen MR) is 71.8 cm³/mol. The van der Waals surface area contributed by atoms with Gasteiger partial charge in [0.05, 0.1) is 10.4 Å². The third-order valence-electron chi connectivity index (χ3n) is 2.87. The molecule has 9 nitrogen and oxygen atoms in total. The van der Waals surface area contributed by atoms with Crippen LogP contribution in [0.1, 0.15) is 0 Å². The molecule has 2 aromatic rings. The molecule has 0 saturated carbocycles. The molecule has 0 saturated heterocycles. The average Bonchev–Trinajstić information content (AvgIpc) is 2.71. The number of aryl methyl sites for hydroxylation is 1. The van der Waals surface area contributed by atoms with Gasteiger partial charge < -0.3 is 15.3 Å². The number of carbonyl (C=O) groups excluding carboxylic acids is 1. The van der Waals surface area contributed by atoms with Crippen LogP contribution in [0.2, 0.25) is 0 Å². The van der Waals surface area contributed by atoms with Crippen LogP contribution in [0.5, 0.6) is 0 Å². The van der Waals surface area contributed by atoms with Gasteiger partial charge in [-0.2, -0.15) is 0 Å². The number of aliphatic hydroxyl groups excluding tert-OH is 1. The van der Waals surface area contributed by atoms with Crippen LogP contribution in [-0.4, -0.2) is 36.6 Å². The van der Waals surface area contributed by atoms with Crippen LogP contribution >= 0.6 is 0 Å². The van der Waals surface area contributed by atoms with Crippen LogP contribution in [0, 0.1) is 0 Å². The van der Waals surface area contributed by atoms with Crippen LogP contribution in [0.3, 0.4) is 0 Å². The monoisotopic (exact) mass is 315 g/mol. The molecule has 10 heteroatoms. The molecule has 1 unspecified atom stereocenters. The number of hydrogen-bond acceptors (Lipinski definition) is 6. The third kappa shape index (κ3) is 2.96. The van der Waals surface area contributed by atoms with E-state index in [1.165, 1.54) is 29.8 Å². The summed E-state index contributed by atoms with van der Waals surface area (Å²) in [5, 5.41) is 9.18. The fourth-order valence-electron chi connectivity index (χ4n) is 1.65. The fourth-order valence-corrected chi connectivity index (χ4v) is 2.71. The van der Waals surface area contributed by atoms with Crippen molar-refractivity contribution >= 4 is 27.0 Å². The Kier molecular flexibility index (Phi) is 3.85. The van der Waals surface area contributed by atoms with Crippen molar-refractivity contribution in [2.45, 2.75) is 11.0 Å². The van der Waals surface area contributed by atoms with Crippen molar-refractivity contribution in [3.8, 4) is 0 Å². The zero-order valence-corrected chi connectivity index (χ0v) is 11.8. The number of nitrogens with zero attached hydrogens (tertiary/aromatic N) is 1. The van der Waals surface area contributed by atoms with E-state index in [0.717, 1.165) is 0 Å². The first-order valence-electron chi connectivity index (χ1n) is 5.79. The summed E-state index contributed by atoms with van der Waals surface area (Å²) in [6.07, 6.45) is -1.63. The Morgan fingerprint density at radius 3 is 2.81 bits per heavy atom. The Bertz CT molecular complexity index is 850. The highest BCUT2D eigenvalue weighted by molar-refractivity contribution is 7.89.